The van der Waals surface area contributed by atoms with Gasteiger partial charge >= 0.3 is 5.97 Å². The molecule has 0 spiro atoms. The third-order valence-electron chi connectivity index (χ3n) is 3.04. The van der Waals surface area contributed by atoms with Gasteiger partial charge in [-0.3, -0.25) is 4.98 Å². The summed E-state index contributed by atoms with van der Waals surface area (Å²) in [7, 11) is 0. The number of hydrogen-bond acceptors (Lipinski definition) is 6. The van der Waals surface area contributed by atoms with Crippen molar-refractivity contribution >= 4 is 5.97 Å². The van der Waals surface area contributed by atoms with Crippen molar-refractivity contribution in [2.45, 2.75) is 13.5 Å². The maximum absolute atomic E-state index is 11.3. The molecule has 0 amide bonds. The molecule has 0 aliphatic carbocycles. The number of carboxylic acid groups (broad SMARTS) is 1. The van der Waals surface area contributed by atoms with Crippen LogP contribution in [0.2, 0.25) is 0 Å². The number of nitrogens with zero attached hydrogens (tertiary/aromatic N) is 5. The number of carboxylic acids is 1. The number of carbonyl (C=O) groups is 1. The molecule has 1 N–H and O–H groups in total. The first-order chi connectivity index (χ1) is 10.2. The Morgan fingerprint density at radius 3 is 2.76 bits per heavy atom. The lowest BCUT2D eigenvalue weighted by atomic mass is 10.1. The summed E-state index contributed by atoms with van der Waals surface area (Å²) in [6.07, 6.45) is 4.51. The van der Waals surface area contributed by atoms with Crippen molar-refractivity contribution in [3.05, 3.63) is 48.1 Å². The fourth-order valence-corrected chi connectivity index (χ4v) is 1.99. The number of aromatic carboxylic acids is 1. The zero-order chi connectivity index (χ0) is 14.8. The Balaban J connectivity index is 2.09. The van der Waals surface area contributed by atoms with Crippen LogP contribution < -0.4 is 0 Å². The molecule has 0 fully saturated rings. The highest BCUT2D eigenvalue weighted by Crippen LogP contribution is 2.22. The molecule has 3 rings (SSSR count). The maximum Gasteiger partial charge on any atom is 0.358 e. The molecule has 0 aliphatic heterocycles. The van der Waals surface area contributed by atoms with E-state index in [1.807, 2.05) is 0 Å². The average molecular weight is 285 g/mol. The molecule has 21 heavy (non-hydrogen) atoms. The van der Waals surface area contributed by atoms with Gasteiger partial charge in [0.2, 0.25) is 0 Å². The van der Waals surface area contributed by atoms with Crippen LogP contribution in [0.15, 0.2) is 35.3 Å². The van der Waals surface area contributed by atoms with Gasteiger partial charge < -0.3 is 9.52 Å². The maximum atomic E-state index is 11.3. The van der Waals surface area contributed by atoms with E-state index in [1.165, 1.54) is 11.1 Å². The largest absolute Gasteiger partial charge is 0.476 e. The van der Waals surface area contributed by atoms with Gasteiger partial charge in [-0.1, -0.05) is 5.21 Å². The van der Waals surface area contributed by atoms with Crippen molar-refractivity contribution in [1.29, 1.82) is 0 Å². The van der Waals surface area contributed by atoms with Crippen LogP contribution in [0.1, 0.15) is 21.9 Å². The second-order valence-electron chi connectivity index (χ2n) is 4.34. The zero-order valence-corrected chi connectivity index (χ0v) is 11.1. The molecule has 0 aliphatic rings. The lowest BCUT2D eigenvalue weighted by molar-refractivity contribution is 0.0691. The fraction of sp³-hybridized carbons (Fsp3) is 0.154. The summed E-state index contributed by atoms with van der Waals surface area (Å²) in [5.74, 6) is -0.479. The molecular weight excluding hydrogens is 274 g/mol. The first-order valence-electron chi connectivity index (χ1n) is 6.13. The van der Waals surface area contributed by atoms with Crippen LogP contribution in [-0.4, -0.2) is 36.0 Å². The highest BCUT2D eigenvalue weighted by Gasteiger charge is 2.21. The molecule has 3 heterocycles. The normalized spacial score (nSPS) is 10.7. The first-order valence-corrected chi connectivity index (χ1v) is 6.13. The number of hydrogen-bond donors (Lipinski definition) is 1. The smallest absolute Gasteiger partial charge is 0.358 e. The van der Waals surface area contributed by atoms with Gasteiger partial charge in [-0.25, -0.2) is 14.5 Å². The summed E-state index contributed by atoms with van der Waals surface area (Å²) in [4.78, 5) is 19.3. The van der Waals surface area contributed by atoms with Gasteiger partial charge in [-0.15, -0.1) is 5.10 Å². The molecule has 0 saturated carbocycles. The van der Waals surface area contributed by atoms with Gasteiger partial charge in [-0.2, -0.15) is 0 Å². The highest BCUT2D eigenvalue weighted by molar-refractivity contribution is 5.92. The molecule has 0 saturated heterocycles. The summed E-state index contributed by atoms with van der Waals surface area (Å²) in [6, 6.07) is 3.41. The average Bonchev–Trinajstić information content (AvgIpc) is 3.07. The molecule has 0 aromatic carbocycles. The van der Waals surface area contributed by atoms with E-state index in [1.54, 1.807) is 31.5 Å². The summed E-state index contributed by atoms with van der Waals surface area (Å²) in [5.41, 5.74) is 1.65. The van der Waals surface area contributed by atoms with Gasteiger partial charge in [0.1, 0.15) is 17.1 Å². The monoisotopic (exact) mass is 285 g/mol. The first kappa shape index (κ1) is 13.0. The van der Waals surface area contributed by atoms with Crippen LogP contribution in [0.4, 0.5) is 0 Å². The minimum absolute atomic E-state index is 0.109. The summed E-state index contributed by atoms with van der Waals surface area (Å²) < 4.78 is 6.63. The van der Waals surface area contributed by atoms with Crippen LogP contribution in [0.3, 0.4) is 0 Å². The number of rotatable bonds is 4. The van der Waals surface area contributed by atoms with Crippen LogP contribution in [-0.2, 0) is 6.54 Å². The molecular formula is C13H11N5O3. The second-order valence-corrected chi connectivity index (χ2v) is 4.34. The lowest BCUT2D eigenvalue weighted by Gasteiger charge is -2.05. The van der Waals surface area contributed by atoms with E-state index in [-0.39, 0.29) is 12.2 Å². The van der Waals surface area contributed by atoms with Gasteiger partial charge in [0.15, 0.2) is 12.1 Å². The van der Waals surface area contributed by atoms with Crippen LogP contribution in [0.5, 0.6) is 0 Å². The quantitative estimate of drug-likeness (QED) is 0.771. The van der Waals surface area contributed by atoms with E-state index in [9.17, 15) is 9.90 Å². The predicted molar refractivity (Wildman–Crippen MR) is 70.6 cm³/mol. The predicted octanol–water partition coefficient (Wildman–Crippen LogP) is 1.38. The van der Waals surface area contributed by atoms with E-state index >= 15 is 0 Å². The third-order valence-corrected chi connectivity index (χ3v) is 3.04. The molecule has 8 heteroatoms. The summed E-state index contributed by atoms with van der Waals surface area (Å²) in [5, 5.41) is 16.9. The van der Waals surface area contributed by atoms with E-state index < -0.39 is 5.97 Å². The van der Waals surface area contributed by atoms with Gasteiger partial charge in [0.25, 0.3) is 0 Å². The van der Waals surface area contributed by atoms with E-state index in [2.05, 4.69) is 20.3 Å². The Hall–Kier alpha value is -3.03. The summed E-state index contributed by atoms with van der Waals surface area (Å²) in [6.45, 7) is 2.06. The standard InChI is InChI=1S/C13H11N5O3/c1-8-10(15-7-21-8)6-18-12(9-2-4-14-5-3-9)11(13(19)20)16-17-18/h2-5,7H,6H2,1H3,(H,19,20). The zero-order valence-electron chi connectivity index (χ0n) is 11.1. The van der Waals surface area contributed by atoms with Crippen molar-refractivity contribution in [2.75, 3.05) is 0 Å². The van der Waals surface area contributed by atoms with E-state index in [0.717, 1.165) is 0 Å². The minimum Gasteiger partial charge on any atom is -0.476 e. The Kier molecular flexibility index (Phi) is 3.19. The number of oxazole rings is 1. The highest BCUT2D eigenvalue weighted by atomic mass is 16.4. The van der Waals surface area contributed by atoms with Gasteiger partial charge in [0, 0.05) is 18.0 Å². The number of aromatic nitrogens is 5. The Bertz CT molecular complexity index is 778. The topological polar surface area (TPSA) is 107 Å². The molecule has 8 nitrogen and oxygen atoms in total. The molecule has 3 aromatic heterocycles. The Labute approximate surface area is 119 Å². The van der Waals surface area contributed by atoms with Crippen molar-refractivity contribution in [3.63, 3.8) is 0 Å². The lowest BCUT2D eigenvalue weighted by Crippen LogP contribution is -2.07. The third kappa shape index (κ3) is 2.38. The fourth-order valence-electron chi connectivity index (χ4n) is 1.99. The molecule has 0 bridgehead atoms. The number of aryl methyl sites for hydroxylation is 1. The molecule has 0 atom stereocenters. The second kappa shape index (κ2) is 5.16. The van der Waals surface area contributed by atoms with Crippen molar-refractivity contribution in [3.8, 4) is 11.3 Å². The summed E-state index contributed by atoms with van der Waals surface area (Å²) >= 11 is 0. The van der Waals surface area contributed by atoms with E-state index in [4.69, 9.17) is 4.42 Å². The van der Waals surface area contributed by atoms with Crippen LogP contribution >= 0.6 is 0 Å². The van der Waals surface area contributed by atoms with Gasteiger partial charge in [-0.05, 0) is 19.1 Å². The van der Waals surface area contributed by atoms with Crippen LogP contribution in [0, 0.1) is 6.92 Å². The van der Waals surface area contributed by atoms with Crippen LogP contribution in [0.25, 0.3) is 11.3 Å². The van der Waals surface area contributed by atoms with Gasteiger partial charge in [0.05, 0.1) is 6.54 Å². The van der Waals surface area contributed by atoms with Crippen molar-refractivity contribution in [2.24, 2.45) is 0 Å². The van der Waals surface area contributed by atoms with E-state index in [0.29, 0.717) is 22.7 Å². The molecule has 106 valence electrons. The number of pyridine rings is 1. The SMILES string of the molecule is Cc1ocnc1Cn1nnc(C(=O)O)c1-c1ccncc1. The Morgan fingerprint density at radius 1 is 1.38 bits per heavy atom. The van der Waals surface area contributed by atoms with Crippen molar-refractivity contribution in [1.82, 2.24) is 25.0 Å². The molecule has 3 aromatic rings. The van der Waals surface area contributed by atoms with Crippen molar-refractivity contribution < 1.29 is 14.3 Å². The Morgan fingerprint density at radius 2 is 2.14 bits per heavy atom. The molecule has 0 unspecified atom stereocenters. The minimum atomic E-state index is -1.13. The molecule has 0 radical (unpaired) electrons.